The van der Waals surface area contributed by atoms with E-state index in [-0.39, 0.29) is 18.4 Å². The zero-order chi connectivity index (χ0) is 19.9. The van der Waals surface area contributed by atoms with E-state index in [0.717, 1.165) is 25.7 Å². The van der Waals surface area contributed by atoms with Gasteiger partial charge < -0.3 is 5.32 Å². The van der Waals surface area contributed by atoms with E-state index in [4.69, 9.17) is 0 Å². The smallest absolute Gasteiger partial charge is 0.248 e. The maximum Gasteiger partial charge on any atom is 0.248 e. The van der Waals surface area contributed by atoms with Crippen LogP contribution in [-0.4, -0.2) is 57.6 Å². The van der Waals surface area contributed by atoms with Crippen LogP contribution in [-0.2, 0) is 14.4 Å². The summed E-state index contributed by atoms with van der Waals surface area (Å²) in [6.07, 6.45) is 8.94. The van der Waals surface area contributed by atoms with Crippen LogP contribution in [0.25, 0.3) is 0 Å². The van der Waals surface area contributed by atoms with Crippen LogP contribution < -0.4 is 10.7 Å². The molecule has 0 radical (unpaired) electrons. The largest absolute Gasteiger partial charge is 0.324 e. The Morgan fingerprint density at radius 3 is 2.71 bits per heavy atom. The molecule has 1 aliphatic heterocycles. The minimum Gasteiger partial charge on any atom is -0.324 e. The highest BCUT2D eigenvalue weighted by atomic mass is 16.5. The molecule has 2 atom stereocenters. The van der Waals surface area contributed by atoms with Crippen molar-refractivity contribution in [1.29, 1.82) is 0 Å². The van der Waals surface area contributed by atoms with E-state index in [9.17, 15) is 19.6 Å². The number of nitrogens with zero attached hydrogens (tertiary/aromatic N) is 3. The first kappa shape index (κ1) is 20.2. The molecular weight excluding hydrogens is 362 g/mol. The molecule has 1 aromatic heterocycles. The van der Waals surface area contributed by atoms with Crippen molar-refractivity contribution in [2.24, 2.45) is 11.8 Å². The molecule has 0 spiro atoms. The quantitative estimate of drug-likeness (QED) is 0.349. The van der Waals surface area contributed by atoms with Gasteiger partial charge in [-0.05, 0) is 30.9 Å². The summed E-state index contributed by atoms with van der Waals surface area (Å²) < 4.78 is 0. The van der Waals surface area contributed by atoms with Crippen LogP contribution in [0.15, 0.2) is 24.5 Å². The molecule has 3 rings (SSSR count). The third kappa shape index (κ3) is 5.05. The van der Waals surface area contributed by atoms with Gasteiger partial charge in [0.15, 0.2) is 0 Å². The molecule has 1 saturated heterocycles. The lowest BCUT2D eigenvalue weighted by molar-refractivity contribution is -0.159. The second-order valence-electron chi connectivity index (χ2n) is 7.46. The zero-order valence-electron chi connectivity index (χ0n) is 15.8. The van der Waals surface area contributed by atoms with Gasteiger partial charge in [0.1, 0.15) is 6.04 Å². The molecule has 1 saturated carbocycles. The molecule has 2 fully saturated rings. The molecule has 9 nitrogen and oxygen atoms in total. The number of hydrogen-bond donors (Lipinski definition) is 3. The number of anilines is 1. The average Bonchev–Trinajstić information content (AvgIpc) is 3.39. The van der Waals surface area contributed by atoms with Gasteiger partial charge in [0.05, 0.1) is 12.5 Å². The van der Waals surface area contributed by atoms with Gasteiger partial charge in [-0.2, -0.15) is 0 Å². The van der Waals surface area contributed by atoms with Gasteiger partial charge in [0.25, 0.3) is 0 Å². The topological polar surface area (TPSA) is 115 Å². The van der Waals surface area contributed by atoms with E-state index in [1.54, 1.807) is 24.5 Å². The Morgan fingerprint density at radius 1 is 1.32 bits per heavy atom. The summed E-state index contributed by atoms with van der Waals surface area (Å²) in [4.78, 5) is 40.6. The fraction of sp³-hybridized carbons (Fsp3) is 0.579. The molecule has 0 aromatic carbocycles. The van der Waals surface area contributed by atoms with Gasteiger partial charge >= 0.3 is 0 Å². The lowest BCUT2D eigenvalue weighted by Crippen LogP contribution is -2.51. The number of hydrazine groups is 1. The molecule has 3 amide bonds. The van der Waals surface area contributed by atoms with Crippen LogP contribution in [0.2, 0.25) is 0 Å². The van der Waals surface area contributed by atoms with Crippen molar-refractivity contribution < 1.29 is 19.6 Å². The maximum absolute atomic E-state index is 13.2. The minimum absolute atomic E-state index is 0.0737. The van der Waals surface area contributed by atoms with Crippen LogP contribution in [0, 0.1) is 11.8 Å². The number of carbonyl (C=O) groups is 3. The molecule has 28 heavy (non-hydrogen) atoms. The third-order valence-electron chi connectivity index (χ3n) is 5.47. The first-order valence-electron chi connectivity index (χ1n) is 9.76. The molecule has 1 aromatic rings. The zero-order valence-corrected chi connectivity index (χ0v) is 15.8. The third-order valence-corrected chi connectivity index (χ3v) is 5.47. The fourth-order valence-corrected chi connectivity index (χ4v) is 4.07. The van der Waals surface area contributed by atoms with Crippen molar-refractivity contribution in [1.82, 2.24) is 20.5 Å². The summed E-state index contributed by atoms with van der Waals surface area (Å²) in [5.41, 5.74) is 3.61. The Hall–Kier alpha value is -2.52. The van der Waals surface area contributed by atoms with Crippen LogP contribution in [0.1, 0.15) is 38.5 Å². The summed E-state index contributed by atoms with van der Waals surface area (Å²) in [6.45, 7) is 0.433. The molecule has 1 unspecified atom stereocenters. The Morgan fingerprint density at radius 2 is 2.04 bits per heavy atom. The minimum atomic E-state index is -0.643. The van der Waals surface area contributed by atoms with Crippen molar-refractivity contribution in [2.45, 2.75) is 44.6 Å². The number of hydroxylamine groups is 2. The van der Waals surface area contributed by atoms with Crippen molar-refractivity contribution in [3.8, 4) is 0 Å². The molecule has 0 bridgehead atoms. The van der Waals surface area contributed by atoms with E-state index in [1.165, 1.54) is 5.01 Å². The van der Waals surface area contributed by atoms with Gasteiger partial charge in [0.2, 0.25) is 18.2 Å². The summed E-state index contributed by atoms with van der Waals surface area (Å²) in [5, 5.41) is 14.3. The normalized spacial score (nSPS) is 20.8. The van der Waals surface area contributed by atoms with Gasteiger partial charge in [-0.15, -0.1) is 0 Å². The van der Waals surface area contributed by atoms with Crippen molar-refractivity contribution in [2.75, 3.05) is 18.4 Å². The summed E-state index contributed by atoms with van der Waals surface area (Å²) >= 11 is 0. The highest BCUT2D eigenvalue weighted by Gasteiger charge is 2.38. The number of aromatic nitrogens is 1. The lowest BCUT2D eigenvalue weighted by Gasteiger charge is -2.29. The van der Waals surface area contributed by atoms with E-state index < -0.39 is 12.0 Å². The van der Waals surface area contributed by atoms with Crippen LogP contribution >= 0.6 is 0 Å². The molecule has 1 aliphatic carbocycles. The second kappa shape index (κ2) is 9.61. The van der Waals surface area contributed by atoms with Gasteiger partial charge in [-0.3, -0.25) is 29.6 Å². The van der Waals surface area contributed by atoms with Gasteiger partial charge in [0, 0.05) is 24.6 Å². The van der Waals surface area contributed by atoms with E-state index in [1.807, 2.05) is 0 Å². The van der Waals surface area contributed by atoms with Gasteiger partial charge in [-0.1, -0.05) is 25.7 Å². The second-order valence-corrected chi connectivity index (χ2v) is 7.46. The summed E-state index contributed by atoms with van der Waals surface area (Å²) in [6, 6.07) is 2.72. The van der Waals surface area contributed by atoms with Crippen LogP contribution in [0.5, 0.6) is 0 Å². The molecule has 3 N–H and O–H groups in total. The Labute approximate surface area is 164 Å². The number of pyridine rings is 1. The van der Waals surface area contributed by atoms with Crippen LogP contribution in [0.4, 0.5) is 5.69 Å². The summed E-state index contributed by atoms with van der Waals surface area (Å²) in [7, 11) is 0. The predicted octanol–water partition coefficient (Wildman–Crippen LogP) is 1.17. The molecule has 2 heterocycles. The first-order chi connectivity index (χ1) is 13.6. The van der Waals surface area contributed by atoms with E-state index in [0.29, 0.717) is 42.5 Å². The van der Waals surface area contributed by atoms with E-state index >= 15 is 0 Å². The van der Waals surface area contributed by atoms with Crippen molar-refractivity contribution in [3.05, 3.63) is 24.5 Å². The standard InChI is InChI=1S/C19H27N5O4/c25-13-23(28)12-15(11-14-3-1-2-4-14)19(27)24-17(7-10-21-24)18(26)22-16-5-8-20-9-6-16/h5-6,8-9,13-15,17,21,28H,1-4,7,10-12H2,(H,20,22,26)/t15?,17-/m0/s1. The van der Waals surface area contributed by atoms with Crippen molar-refractivity contribution in [3.63, 3.8) is 0 Å². The summed E-state index contributed by atoms with van der Waals surface area (Å²) in [5.74, 6) is -0.693. The lowest BCUT2D eigenvalue weighted by atomic mass is 9.92. The molecular formula is C19H27N5O4. The Balaban J connectivity index is 1.68. The van der Waals surface area contributed by atoms with Gasteiger partial charge in [-0.25, -0.2) is 10.5 Å². The molecule has 9 heteroatoms. The number of nitrogens with one attached hydrogen (secondary N) is 2. The average molecular weight is 389 g/mol. The fourth-order valence-electron chi connectivity index (χ4n) is 4.07. The number of amides is 3. The maximum atomic E-state index is 13.2. The highest BCUT2D eigenvalue weighted by molar-refractivity contribution is 5.97. The monoisotopic (exact) mass is 389 g/mol. The first-order valence-corrected chi connectivity index (χ1v) is 9.76. The van der Waals surface area contributed by atoms with Crippen LogP contribution in [0.3, 0.4) is 0 Å². The number of hydrogen-bond acceptors (Lipinski definition) is 6. The number of carbonyl (C=O) groups excluding carboxylic acids is 3. The Bertz CT molecular complexity index is 680. The predicted molar refractivity (Wildman–Crippen MR) is 101 cm³/mol. The highest BCUT2D eigenvalue weighted by Crippen LogP contribution is 2.31. The molecule has 152 valence electrons. The molecule has 2 aliphatic rings. The number of rotatable bonds is 8. The SMILES string of the molecule is O=CN(O)CC(CC1CCCC1)C(=O)N1NCC[C@H]1C(=O)Nc1ccncc1. The van der Waals surface area contributed by atoms with E-state index in [2.05, 4.69) is 15.7 Å². The van der Waals surface area contributed by atoms with Crippen molar-refractivity contribution >= 4 is 23.9 Å². The Kier molecular flexibility index (Phi) is 6.94.